The van der Waals surface area contributed by atoms with Crippen LogP contribution in [0.15, 0.2) is 97.1 Å². The van der Waals surface area contributed by atoms with Gasteiger partial charge in [-0.1, -0.05) is 47.5 Å². The van der Waals surface area contributed by atoms with Gasteiger partial charge in [-0.2, -0.15) is 0 Å². The Morgan fingerprint density at radius 2 is 0.971 bits per heavy atom. The van der Waals surface area contributed by atoms with Crippen LogP contribution >= 0.6 is 0 Å². The van der Waals surface area contributed by atoms with E-state index in [1.54, 1.807) is 64.5 Å². The topological polar surface area (TPSA) is 213 Å². The number of carbonyl (C=O) groups is 6. The van der Waals surface area contributed by atoms with E-state index in [9.17, 15) is 39.0 Å². The quantitative estimate of drug-likeness (QED) is 0.223. The standard InChI is InChI=1S/C20H18O8.2C17H19NO3/c1-11-3-7-13(8-4-11)19(25)27-15(17(21)22)16(18(23)24)28-20(26)14-9-5-12(2)6-10-14;2*1-18-8-7-17-6-5-12(19)9-14(17)21-16-13(20-2)4-3-11(10-18)15(16)17/h3-10,15-16H,1-2H3,(H,21,22)(H,23,24);2*3-6,14H,7-10H2,1-2H3/t15-,16-;2*14-,17-/m000/s1. The number of ketones is 2. The van der Waals surface area contributed by atoms with Crippen molar-refractivity contribution in [1.82, 2.24) is 0 Å². The number of carboxylic acids is 2. The molecule has 0 saturated heterocycles. The van der Waals surface area contributed by atoms with Crippen LogP contribution in [0, 0.1) is 13.8 Å². The fourth-order valence-corrected chi connectivity index (χ4v) is 10.3. The summed E-state index contributed by atoms with van der Waals surface area (Å²) < 4.78 is 32.8. The monoisotopic (exact) mass is 956 g/mol. The number of allylic oxidation sites excluding steroid dienone is 2. The van der Waals surface area contributed by atoms with Gasteiger partial charge >= 0.3 is 11.9 Å². The average molecular weight is 957 g/mol. The van der Waals surface area contributed by atoms with Crippen molar-refractivity contribution >= 4 is 35.4 Å². The van der Waals surface area contributed by atoms with Gasteiger partial charge in [-0.15, -0.1) is 0 Å². The molecule has 8 atom stereocenters. The van der Waals surface area contributed by atoms with E-state index in [2.05, 4.69) is 38.4 Å². The van der Waals surface area contributed by atoms with Gasteiger partial charge < -0.3 is 58.0 Å². The number of carboxylic acid groups (broad SMARTS) is 2. The van der Waals surface area contributed by atoms with Crippen molar-refractivity contribution in [3.63, 3.8) is 0 Å². The highest BCUT2D eigenvalue weighted by Gasteiger charge is 2.55. The molecule has 0 amide bonds. The molecule has 10 rings (SSSR count). The normalized spacial score (nSPS) is 24.8. The average Bonchev–Trinajstić information content (AvgIpc) is 3.75. The summed E-state index contributed by atoms with van der Waals surface area (Å²) in [4.78, 5) is 73.6. The lowest BCUT2D eigenvalue weighted by molar-refractivity contribution is -0.893. The van der Waals surface area contributed by atoms with Crippen molar-refractivity contribution in [2.24, 2.45) is 0 Å². The summed E-state index contributed by atoms with van der Waals surface area (Å²) >= 11 is 0. The summed E-state index contributed by atoms with van der Waals surface area (Å²) in [6, 6.07) is 20.1. The van der Waals surface area contributed by atoms with Crippen LogP contribution in [0.3, 0.4) is 0 Å². The zero-order valence-electron chi connectivity index (χ0n) is 39.9. The number of hydrogen-bond donors (Lipinski definition) is 2. The second kappa shape index (κ2) is 20.0. The number of ether oxygens (including phenoxy) is 6. The van der Waals surface area contributed by atoms with Crippen LogP contribution in [0.4, 0.5) is 0 Å². The van der Waals surface area contributed by atoms with E-state index < -0.39 is 36.1 Å². The second-order valence-electron chi connectivity index (χ2n) is 18.9. The fourth-order valence-electron chi connectivity index (χ4n) is 10.3. The third-order valence-electron chi connectivity index (χ3n) is 14.1. The molecule has 4 aromatic rings. The number of nitrogens with one attached hydrogen (secondary N) is 2. The molecule has 0 fully saturated rings. The molecular formula is C54H56N2O14. The van der Waals surface area contributed by atoms with Crippen molar-refractivity contribution in [1.29, 1.82) is 0 Å². The van der Waals surface area contributed by atoms with Crippen molar-refractivity contribution in [2.45, 2.75) is 87.9 Å². The van der Waals surface area contributed by atoms with E-state index in [1.165, 1.54) is 56.3 Å². The summed E-state index contributed by atoms with van der Waals surface area (Å²) in [7, 11) is 7.79. The summed E-state index contributed by atoms with van der Waals surface area (Å²) in [6.07, 6.45) is 5.70. The minimum Gasteiger partial charge on any atom is -0.546 e. The molecule has 366 valence electrons. The smallest absolute Gasteiger partial charge is 0.338 e. The number of esters is 2. The Bertz CT molecular complexity index is 2590. The number of methoxy groups -OCH3 is 2. The van der Waals surface area contributed by atoms with Crippen LogP contribution in [0.1, 0.15) is 79.8 Å². The number of rotatable bonds is 9. The van der Waals surface area contributed by atoms with Crippen LogP contribution in [-0.4, -0.2) is 101 Å². The molecular weight excluding hydrogens is 901 g/mol. The van der Waals surface area contributed by atoms with Crippen molar-refractivity contribution in [3.8, 4) is 23.0 Å². The lowest BCUT2D eigenvalue weighted by Gasteiger charge is -2.32. The Kier molecular flexibility index (Phi) is 14.0. The maximum atomic E-state index is 12.1. The number of aliphatic carboxylic acids is 2. The molecule has 4 aliphatic heterocycles. The van der Waals surface area contributed by atoms with Crippen LogP contribution < -0.4 is 39.0 Å². The third kappa shape index (κ3) is 9.53. The summed E-state index contributed by atoms with van der Waals surface area (Å²) in [5.74, 6) is -2.75. The predicted octanol–water partition coefficient (Wildman–Crippen LogP) is 0.837. The van der Waals surface area contributed by atoms with Crippen LogP contribution in [-0.2, 0) is 52.6 Å². The van der Waals surface area contributed by atoms with Crippen molar-refractivity contribution in [3.05, 3.63) is 142 Å². The van der Waals surface area contributed by atoms with E-state index in [4.69, 9.17) is 28.4 Å². The zero-order valence-corrected chi connectivity index (χ0v) is 39.9. The summed E-state index contributed by atoms with van der Waals surface area (Å²) in [6.45, 7) is 7.69. The molecule has 16 nitrogen and oxygen atoms in total. The molecule has 0 bridgehead atoms. The van der Waals surface area contributed by atoms with Gasteiger partial charge in [0.15, 0.2) is 46.8 Å². The first-order valence-electron chi connectivity index (χ1n) is 23.2. The first-order chi connectivity index (χ1) is 33.5. The van der Waals surface area contributed by atoms with Gasteiger partial charge in [0.2, 0.25) is 0 Å². The van der Waals surface area contributed by atoms with E-state index >= 15 is 0 Å². The molecule has 2 unspecified atom stereocenters. The molecule has 16 heteroatoms. The third-order valence-corrected chi connectivity index (χ3v) is 14.1. The predicted molar refractivity (Wildman–Crippen MR) is 247 cm³/mol. The van der Waals surface area contributed by atoms with Crippen LogP contribution in [0.25, 0.3) is 0 Å². The number of hydrogen-bond acceptors (Lipinski definition) is 14. The highest BCUT2D eigenvalue weighted by molar-refractivity contribution is 5.95. The minimum atomic E-state index is -2.40. The second-order valence-corrected chi connectivity index (χ2v) is 18.9. The SMILES string of the molecule is COc1ccc2c3c1O[C@H]1CC(=O)C=C[C@@]31CC[NH+](C)C2.COc1ccc2c3c1O[C@H]1CC(=O)C=C[C@@]31CC[NH+](C)C2.Cc1ccc(C(=O)O[C@H](C(=O)[O-])[C@H](OC(=O)c2ccc(C)cc2)C(=O)[O-])cc1. The lowest BCUT2D eigenvalue weighted by atomic mass is 9.69. The van der Waals surface area contributed by atoms with Gasteiger partial charge in [0.1, 0.15) is 25.3 Å². The van der Waals surface area contributed by atoms with Gasteiger partial charge in [0, 0.05) is 47.9 Å². The minimum absolute atomic E-state index is 0.0150. The lowest BCUT2D eigenvalue weighted by Crippen LogP contribution is -3.07. The molecule has 4 aromatic carbocycles. The Labute approximate surface area is 405 Å². The Hall–Kier alpha value is -7.30. The number of benzene rings is 4. The first-order valence-corrected chi connectivity index (χ1v) is 23.2. The largest absolute Gasteiger partial charge is 0.546 e. The van der Waals surface area contributed by atoms with Crippen molar-refractivity contribution in [2.75, 3.05) is 41.4 Å². The first kappa shape index (κ1) is 49.1. The molecule has 2 N–H and O–H groups in total. The van der Waals surface area contributed by atoms with E-state index in [0.29, 0.717) is 12.8 Å². The molecule has 0 aromatic heterocycles. The molecule has 6 aliphatic rings. The van der Waals surface area contributed by atoms with Crippen LogP contribution in [0.5, 0.6) is 23.0 Å². The maximum absolute atomic E-state index is 12.1. The molecule has 70 heavy (non-hydrogen) atoms. The van der Waals surface area contributed by atoms with Crippen molar-refractivity contribution < 1.29 is 77.2 Å². The Morgan fingerprint density at radius 1 is 0.600 bits per heavy atom. The number of aryl methyl sites for hydroxylation is 2. The molecule has 2 spiro atoms. The van der Waals surface area contributed by atoms with Gasteiger partial charge in [0.25, 0.3) is 0 Å². The van der Waals surface area contributed by atoms with Gasteiger partial charge in [-0.25, -0.2) is 9.59 Å². The Morgan fingerprint density at radius 3 is 1.31 bits per heavy atom. The van der Waals surface area contributed by atoms with E-state index in [0.717, 1.165) is 73.1 Å². The molecule has 4 heterocycles. The Balaban J connectivity index is 0.000000143. The van der Waals surface area contributed by atoms with E-state index in [-0.39, 0.29) is 45.7 Å². The fraction of sp³-hybridized carbons (Fsp3) is 0.370. The molecule has 2 aliphatic carbocycles. The highest BCUT2D eigenvalue weighted by atomic mass is 16.6. The molecule has 0 saturated carbocycles. The highest BCUT2D eigenvalue weighted by Crippen LogP contribution is 2.56. The van der Waals surface area contributed by atoms with E-state index in [1.807, 2.05) is 12.1 Å². The number of carbonyl (C=O) groups excluding carboxylic acids is 6. The summed E-state index contributed by atoms with van der Waals surface area (Å²) in [5, 5.41) is 22.7. The van der Waals surface area contributed by atoms with Gasteiger partial charge in [0.05, 0.1) is 75.3 Å². The zero-order chi connectivity index (χ0) is 50.1. The van der Waals surface area contributed by atoms with Gasteiger partial charge in [-0.05, 0) is 74.5 Å². The molecule has 0 radical (unpaired) electrons. The van der Waals surface area contributed by atoms with Crippen LogP contribution in [0.2, 0.25) is 0 Å². The maximum Gasteiger partial charge on any atom is 0.338 e. The number of quaternary nitrogens is 2. The van der Waals surface area contributed by atoms with Gasteiger partial charge in [-0.3, -0.25) is 9.59 Å². The summed E-state index contributed by atoms with van der Waals surface area (Å²) in [5.41, 5.74) is 6.51.